The Balaban J connectivity index is 1.54. The predicted molar refractivity (Wildman–Crippen MR) is 102 cm³/mol. The summed E-state index contributed by atoms with van der Waals surface area (Å²) < 4.78 is 10.9. The highest BCUT2D eigenvalue weighted by Crippen LogP contribution is 2.13. The quantitative estimate of drug-likeness (QED) is 0.559. The molecule has 0 aliphatic rings. The summed E-state index contributed by atoms with van der Waals surface area (Å²) in [6.07, 6.45) is 2.23. The average molecular weight is 354 g/mol. The Labute approximate surface area is 155 Å². The van der Waals surface area contributed by atoms with Crippen LogP contribution in [0.25, 0.3) is 0 Å². The number of Topliss-reactive ketones (excluding diaryl/α,β-unsaturated/α-hetero) is 2. The zero-order chi connectivity index (χ0) is 18.8. The van der Waals surface area contributed by atoms with Crippen LogP contribution in [0.15, 0.2) is 48.5 Å². The Bertz CT molecular complexity index is 638. The fourth-order valence-corrected chi connectivity index (χ4v) is 2.39. The van der Waals surface area contributed by atoms with Gasteiger partial charge < -0.3 is 9.47 Å². The van der Waals surface area contributed by atoms with Gasteiger partial charge in [-0.05, 0) is 51.0 Å². The number of unbranched alkanes of at least 4 members (excludes halogenated alkanes) is 1. The fraction of sp³-hybridized carbons (Fsp3) is 0.364. The lowest BCUT2D eigenvalue weighted by Gasteiger charge is -2.07. The highest BCUT2D eigenvalue weighted by molar-refractivity contribution is 5.81. The Morgan fingerprint density at radius 1 is 0.654 bits per heavy atom. The van der Waals surface area contributed by atoms with Crippen molar-refractivity contribution in [2.24, 2.45) is 0 Å². The van der Waals surface area contributed by atoms with Gasteiger partial charge in [-0.15, -0.1) is 0 Å². The van der Waals surface area contributed by atoms with Crippen molar-refractivity contribution in [3.63, 3.8) is 0 Å². The lowest BCUT2D eigenvalue weighted by Crippen LogP contribution is -2.13. The van der Waals surface area contributed by atoms with Crippen LogP contribution in [0.3, 0.4) is 0 Å². The third kappa shape index (κ3) is 7.51. The van der Waals surface area contributed by atoms with Gasteiger partial charge in [-0.2, -0.15) is 0 Å². The van der Waals surface area contributed by atoms with Gasteiger partial charge in [0.1, 0.15) is 24.7 Å². The molecule has 138 valence electrons. The number of rotatable bonds is 11. The van der Waals surface area contributed by atoms with Gasteiger partial charge in [0.25, 0.3) is 0 Å². The van der Waals surface area contributed by atoms with E-state index in [4.69, 9.17) is 9.47 Å². The first-order chi connectivity index (χ1) is 12.5. The zero-order valence-corrected chi connectivity index (χ0v) is 15.5. The number of ketones is 2. The van der Waals surface area contributed by atoms with Crippen LogP contribution < -0.4 is 9.47 Å². The molecule has 0 spiro atoms. The molecule has 0 saturated carbocycles. The first-order valence-electron chi connectivity index (χ1n) is 8.95. The minimum absolute atomic E-state index is 0.0499. The predicted octanol–water partition coefficient (Wildman–Crippen LogP) is 4.46. The van der Waals surface area contributed by atoms with Gasteiger partial charge in [-0.25, -0.2) is 0 Å². The van der Waals surface area contributed by atoms with E-state index in [0.717, 1.165) is 11.1 Å². The van der Waals surface area contributed by atoms with Crippen molar-refractivity contribution in [1.82, 2.24) is 0 Å². The second-order valence-corrected chi connectivity index (χ2v) is 6.49. The summed E-state index contributed by atoms with van der Waals surface area (Å²) in [5.41, 5.74) is 2.31. The van der Waals surface area contributed by atoms with Gasteiger partial charge >= 0.3 is 0 Å². The van der Waals surface area contributed by atoms with Crippen LogP contribution >= 0.6 is 0 Å². The molecule has 0 N–H and O–H groups in total. The van der Waals surface area contributed by atoms with Crippen LogP contribution in [0.4, 0.5) is 0 Å². The summed E-state index contributed by atoms with van der Waals surface area (Å²) >= 11 is 0. The summed E-state index contributed by atoms with van der Waals surface area (Å²) in [7, 11) is 0. The van der Waals surface area contributed by atoms with E-state index in [1.165, 1.54) is 0 Å². The Kier molecular flexibility index (Phi) is 7.87. The van der Waals surface area contributed by atoms with E-state index < -0.39 is 0 Å². The number of hydrogen-bond donors (Lipinski definition) is 0. The average Bonchev–Trinajstić information content (AvgIpc) is 2.64. The highest BCUT2D eigenvalue weighted by atomic mass is 16.5. The van der Waals surface area contributed by atoms with Gasteiger partial charge in [0.05, 0.1) is 0 Å². The molecule has 0 radical (unpaired) electrons. The number of ether oxygens (including phenoxy) is 2. The molecule has 0 unspecified atom stereocenters. The lowest BCUT2D eigenvalue weighted by molar-refractivity contribution is -0.122. The summed E-state index contributed by atoms with van der Waals surface area (Å²) in [6, 6.07) is 15.2. The topological polar surface area (TPSA) is 52.6 Å². The van der Waals surface area contributed by atoms with Crippen molar-refractivity contribution >= 4 is 11.6 Å². The molecule has 0 fully saturated rings. The molecule has 0 heterocycles. The van der Waals surface area contributed by atoms with Gasteiger partial charge in [0, 0.05) is 12.8 Å². The molecule has 26 heavy (non-hydrogen) atoms. The van der Waals surface area contributed by atoms with Crippen LogP contribution in [0.2, 0.25) is 0 Å². The third-order valence-corrected chi connectivity index (χ3v) is 4.00. The third-order valence-electron chi connectivity index (χ3n) is 4.00. The molecule has 4 nitrogen and oxygen atoms in total. The van der Waals surface area contributed by atoms with Crippen LogP contribution in [-0.4, -0.2) is 24.8 Å². The van der Waals surface area contributed by atoms with Gasteiger partial charge in [-0.1, -0.05) is 35.4 Å². The second kappa shape index (κ2) is 10.4. The van der Waals surface area contributed by atoms with E-state index in [2.05, 4.69) is 0 Å². The summed E-state index contributed by atoms with van der Waals surface area (Å²) in [5, 5.41) is 0. The maximum absolute atomic E-state index is 11.8. The Morgan fingerprint density at radius 3 is 1.35 bits per heavy atom. The number of hydrogen-bond acceptors (Lipinski definition) is 4. The maximum atomic E-state index is 11.8. The Hall–Kier alpha value is -2.62. The molecule has 4 heteroatoms. The first-order valence-corrected chi connectivity index (χ1v) is 8.95. The van der Waals surface area contributed by atoms with E-state index in [1.54, 1.807) is 0 Å². The highest BCUT2D eigenvalue weighted by Gasteiger charge is 2.07. The molecule has 0 aliphatic heterocycles. The molecule has 0 aromatic heterocycles. The van der Waals surface area contributed by atoms with Crippen LogP contribution in [0.1, 0.15) is 36.8 Å². The van der Waals surface area contributed by atoms with Crippen molar-refractivity contribution < 1.29 is 19.1 Å². The number of benzene rings is 2. The molecule has 0 aliphatic carbocycles. The minimum Gasteiger partial charge on any atom is -0.486 e. The maximum Gasteiger partial charge on any atom is 0.170 e. The molecule has 2 rings (SSSR count). The van der Waals surface area contributed by atoms with Crippen LogP contribution in [0.5, 0.6) is 11.5 Å². The Morgan fingerprint density at radius 2 is 1.00 bits per heavy atom. The SMILES string of the molecule is Cc1ccc(OCC(=O)CCCCC(=O)COc2ccc(C)cc2)cc1. The minimum atomic E-state index is 0.0499. The normalized spacial score (nSPS) is 10.4. The van der Waals surface area contributed by atoms with E-state index in [9.17, 15) is 9.59 Å². The smallest absolute Gasteiger partial charge is 0.170 e. The van der Waals surface area contributed by atoms with Gasteiger partial charge in [0.2, 0.25) is 0 Å². The summed E-state index contributed by atoms with van der Waals surface area (Å²) in [6.45, 7) is 4.16. The summed E-state index contributed by atoms with van der Waals surface area (Å²) in [4.78, 5) is 23.7. The van der Waals surface area contributed by atoms with Crippen molar-refractivity contribution in [3.05, 3.63) is 59.7 Å². The van der Waals surface area contributed by atoms with Gasteiger partial charge in [-0.3, -0.25) is 9.59 Å². The van der Waals surface area contributed by atoms with Crippen LogP contribution in [-0.2, 0) is 9.59 Å². The standard InChI is InChI=1S/C22H26O4/c1-17-7-11-21(12-8-17)25-15-19(23)5-3-4-6-20(24)16-26-22-13-9-18(2)10-14-22/h7-14H,3-6,15-16H2,1-2H3. The van der Waals surface area contributed by atoms with Gasteiger partial charge in [0.15, 0.2) is 11.6 Å². The fourth-order valence-electron chi connectivity index (χ4n) is 2.39. The number of carbonyl (C=O) groups excluding carboxylic acids is 2. The van der Waals surface area contributed by atoms with E-state index >= 15 is 0 Å². The van der Waals surface area contributed by atoms with E-state index in [-0.39, 0.29) is 24.8 Å². The monoisotopic (exact) mass is 354 g/mol. The van der Waals surface area contributed by atoms with E-state index in [1.807, 2.05) is 62.4 Å². The molecular formula is C22H26O4. The molecule has 2 aromatic rings. The number of aryl methyl sites for hydroxylation is 2. The van der Waals surface area contributed by atoms with Crippen LogP contribution in [0, 0.1) is 13.8 Å². The largest absolute Gasteiger partial charge is 0.486 e. The molecule has 0 saturated heterocycles. The van der Waals surface area contributed by atoms with Crippen molar-refractivity contribution in [1.29, 1.82) is 0 Å². The number of carbonyl (C=O) groups is 2. The molecule has 2 aromatic carbocycles. The van der Waals surface area contributed by atoms with Crippen molar-refractivity contribution in [2.75, 3.05) is 13.2 Å². The molecule has 0 amide bonds. The first kappa shape index (κ1) is 19.7. The zero-order valence-electron chi connectivity index (χ0n) is 15.5. The molecular weight excluding hydrogens is 328 g/mol. The van der Waals surface area contributed by atoms with Crippen molar-refractivity contribution in [2.45, 2.75) is 39.5 Å². The summed E-state index contributed by atoms with van der Waals surface area (Å²) in [5.74, 6) is 1.50. The van der Waals surface area contributed by atoms with Crippen molar-refractivity contribution in [3.8, 4) is 11.5 Å². The lowest BCUT2D eigenvalue weighted by atomic mass is 10.1. The second-order valence-electron chi connectivity index (χ2n) is 6.49. The molecule has 0 atom stereocenters. The molecule has 0 bridgehead atoms. The van der Waals surface area contributed by atoms with E-state index in [0.29, 0.717) is 37.2 Å².